The molecule has 158 valence electrons. The Morgan fingerprint density at radius 1 is 1.13 bits per heavy atom. The van der Waals surface area contributed by atoms with Gasteiger partial charge in [0.05, 0.1) is 11.7 Å². The van der Waals surface area contributed by atoms with Crippen LogP contribution in [0.2, 0.25) is 0 Å². The van der Waals surface area contributed by atoms with Crippen LogP contribution in [0.4, 0.5) is 10.5 Å². The minimum absolute atomic E-state index is 0.0318. The van der Waals surface area contributed by atoms with Crippen molar-refractivity contribution in [3.63, 3.8) is 0 Å². The highest BCUT2D eigenvalue weighted by Crippen LogP contribution is 2.36. The van der Waals surface area contributed by atoms with E-state index in [0.717, 1.165) is 4.90 Å². The van der Waals surface area contributed by atoms with Crippen LogP contribution in [0.15, 0.2) is 48.0 Å². The zero-order chi connectivity index (χ0) is 22.1. The molecule has 0 aromatic heterocycles. The first-order valence-electron chi connectivity index (χ1n) is 9.12. The van der Waals surface area contributed by atoms with Gasteiger partial charge in [-0.2, -0.15) is 0 Å². The molecule has 1 fully saturated rings. The van der Waals surface area contributed by atoms with Crippen LogP contribution in [0.5, 0.6) is 17.2 Å². The normalized spacial score (nSPS) is 17.5. The maximum atomic E-state index is 12.9. The monoisotopic (exact) mass is 423 g/mol. The highest BCUT2D eigenvalue weighted by atomic mass is 16.7. The summed E-state index contributed by atoms with van der Waals surface area (Å²) in [6.07, 6.45) is 0.173. The summed E-state index contributed by atoms with van der Waals surface area (Å²) in [5.74, 6) is -1.87. The molecule has 0 aliphatic carbocycles. The molecule has 31 heavy (non-hydrogen) atoms. The lowest BCUT2D eigenvalue weighted by Crippen LogP contribution is -2.54. The average molecular weight is 423 g/mol. The number of aliphatic carboxylic acids is 1. The van der Waals surface area contributed by atoms with Crippen LogP contribution in [0.3, 0.4) is 0 Å². The van der Waals surface area contributed by atoms with E-state index in [9.17, 15) is 24.3 Å². The molecule has 2 aliphatic heterocycles. The number of rotatable bonds is 5. The molecule has 1 atom stereocenters. The summed E-state index contributed by atoms with van der Waals surface area (Å²) < 4.78 is 15.7. The number of benzene rings is 2. The maximum Gasteiger partial charge on any atom is 0.335 e. The van der Waals surface area contributed by atoms with E-state index in [1.807, 2.05) is 0 Å². The molecule has 1 saturated heterocycles. The summed E-state index contributed by atoms with van der Waals surface area (Å²) in [6, 6.07) is 9.69. The predicted octanol–water partition coefficient (Wildman–Crippen LogP) is 0.599. The van der Waals surface area contributed by atoms with Crippen molar-refractivity contribution >= 4 is 35.6 Å². The van der Waals surface area contributed by atoms with Crippen molar-refractivity contribution in [2.75, 3.05) is 11.7 Å². The largest absolute Gasteiger partial charge is 0.546 e. The average Bonchev–Trinajstić information content (AvgIpc) is 3.20. The lowest BCUT2D eigenvalue weighted by Gasteiger charge is -2.26. The number of carbonyl (C=O) groups is 4. The topological polar surface area (TPSA) is 134 Å². The first kappa shape index (κ1) is 20.0. The number of anilines is 1. The quantitative estimate of drug-likeness (QED) is 0.546. The van der Waals surface area contributed by atoms with Crippen LogP contribution in [-0.2, 0) is 14.4 Å². The Labute approximate surface area is 175 Å². The van der Waals surface area contributed by atoms with Gasteiger partial charge in [-0.05, 0) is 42.8 Å². The zero-order valence-corrected chi connectivity index (χ0v) is 16.1. The SMILES string of the molecule is C[C@H](Oc1ccc(/C=C2\C(=O)NC(=O)N(c3ccc4c(c3)OCO4)C2=O)cc1)C(=O)[O-]. The van der Waals surface area contributed by atoms with Crippen molar-refractivity contribution in [2.45, 2.75) is 13.0 Å². The van der Waals surface area contributed by atoms with E-state index < -0.39 is 29.9 Å². The molecule has 10 nitrogen and oxygen atoms in total. The summed E-state index contributed by atoms with van der Waals surface area (Å²) in [4.78, 5) is 49.1. The summed E-state index contributed by atoms with van der Waals surface area (Å²) in [5, 5.41) is 12.9. The number of urea groups is 1. The van der Waals surface area contributed by atoms with E-state index >= 15 is 0 Å². The molecule has 2 aliphatic rings. The van der Waals surface area contributed by atoms with Gasteiger partial charge in [0.1, 0.15) is 17.4 Å². The third-order valence-corrected chi connectivity index (χ3v) is 4.55. The second-order valence-electron chi connectivity index (χ2n) is 6.64. The van der Waals surface area contributed by atoms with E-state index in [0.29, 0.717) is 17.1 Å². The van der Waals surface area contributed by atoms with E-state index in [4.69, 9.17) is 14.2 Å². The third kappa shape index (κ3) is 3.90. The Balaban J connectivity index is 1.59. The van der Waals surface area contributed by atoms with Crippen LogP contribution in [0.25, 0.3) is 6.08 Å². The number of ether oxygens (including phenoxy) is 3. The smallest absolute Gasteiger partial charge is 0.335 e. The number of hydrogen-bond acceptors (Lipinski definition) is 8. The van der Waals surface area contributed by atoms with E-state index in [-0.39, 0.29) is 23.8 Å². The number of carboxylic acids is 1. The Kier molecular flexibility index (Phi) is 5.04. The minimum atomic E-state index is -1.36. The summed E-state index contributed by atoms with van der Waals surface area (Å²) in [6.45, 7) is 1.36. The highest BCUT2D eigenvalue weighted by Gasteiger charge is 2.37. The van der Waals surface area contributed by atoms with Gasteiger partial charge in [-0.25, -0.2) is 9.69 Å². The van der Waals surface area contributed by atoms with Crippen molar-refractivity contribution in [3.05, 3.63) is 53.6 Å². The van der Waals surface area contributed by atoms with Crippen molar-refractivity contribution in [2.24, 2.45) is 0 Å². The molecular formula is C21H15N2O8-. The fourth-order valence-electron chi connectivity index (χ4n) is 2.98. The molecule has 10 heteroatoms. The molecule has 2 heterocycles. The Morgan fingerprint density at radius 2 is 1.84 bits per heavy atom. The lowest BCUT2D eigenvalue weighted by atomic mass is 10.1. The van der Waals surface area contributed by atoms with Gasteiger partial charge in [-0.1, -0.05) is 12.1 Å². The molecule has 0 radical (unpaired) electrons. The number of imide groups is 2. The fraction of sp³-hybridized carbons (Fsp3) is 0.143. The van der Waals surface area contributed by atoms with Crippen LogP contribution in [0.1, 0.15) is 12.5 Å². The van der Waals surface area contributed by atoms with E-state index in [1.54, 1.807) is 6.07 Å². The van der Waals surface area contributed by atoms with Gasteiger partial charge in [0.25, 0.3) is 11.8 Å². The van der Waals surface area contributed by atoms with Crippen molar-refractivity contribution in [1.29, 1.82) is 0 Å². The summed E-state index contributed by atoms with van der Waals surface area (Å²) in [7, 11) is 0. The second kappa shape index (κ2) is 7.82. The predicted molar refractivity (Wildman–Crippen MR) is 103 cm³/mol. The number of nitrogens with one attached hydrogen (secondary N) is 1. The minimum Gasteiger partial charge on any atom is -0.546 e. The molecule has 0 saturated carbocycles. The number of carbonyl (C=O) groups excluding carboxylic acids is 4. The third-order valence-electron chi connectivity index (χ3n) is 4.55. The van der Waals surface area contributed by atoms with Crippen LogP contribution < -0.4 is 29.5 Å². The van der Waals surface area contributed by atoms with Crippen molar-refractivity contribution < 1.29 is 38.5 Å². The second-order valence-corrected chi connectivity index (χ2v) is 6.64. The lowest BCUT2D eigenvalue weighted by molar-refractivity contribution is -0.312. The number of hydrogen-bond donors (Lipinski definition) is 1. The molecular weight excluding hydrogens is 408 g/mol. The standard InChI is InChI=1S/C21H16N2O8/c1-11(20(26)27)31-14-5-2-12(3-6-14)8-15-18(24)22-21(28)23(19(15)25)13-4-7-16-17(9-13)30-10-29-16/h2-9,11H,10H2,1H3,(H,26,27)(H,22,24,28)/p-1/b15-8+/t11-/m0/s1. The van der Waals surface area contributed by atoms with Crippen LogP contribution in [0, 0.1) is 0 Å². The molecule has 0 spiro atoms. The van der Waals surface area contributed by atoms with E-state index in [1.165, 1.54) is 49.4 Å². The molecule has 1 N–H and O–H groups in total. The number of amides is 4. The first-order valence-corrected chi connectivity index (χ1v) is 9.12. The Morgan fingerprint density at radius 3 is 2.55 bits per heavy atom. The molecule has 0 unspecified atom stereocenters. The molecule has 0 bridgehead atoms. The van der Waals surface area contributed by atoms with Gasteiger partial charge in [0.2, 0.25) is 6.79 Å². The van der Waals surface area contributed by atoms with Gasteiger partial charge in [-0.15, -0.1) is 0 Å². The van der Waals surface area contributed by atoms with Crippen LogP contribution in [-0.4, -0.2) is 36.7 Å². The Bertz CT molecular complexity index is 1120. The van der Waals surface area contributed by atoms with Gasteiger partial charge < -0.3 is 24.1 Å². The Hall–Kier alpha value is -4.34. The molecule has 2 aromatic carbocycles. The fourth-order valence-corrected chi connectivity index (χ4v) is 2.98. The number of barbiturate groups is 1. The number of carboxylic acid groups (broad SMARTS) is 1. The molecule has 4 amide bonds. The molecule has 4 rings (SSSR count). The molecule has 2 aromatic rings. The van der Waals surface area contributed by atoms with Gasteiger partial charge in [-0.3, -0.25) is 14.9 Å². The zero-order valence-electron chi connectivity index (χ0n) is 16.1. The van der Waals surface area contributed by atoms with Crippen molar-refractivity contribution in [1.82, 2.24) is 5.32 Å². The first-order chi connectivity index (χ1) is 14.8. The number of fused-ring (bicyclic) bond motifs is 1. The van der Waals surface area contributed by atoms with E-state index in [2.05, 4.69) is 5.32 Å². The summed E-state index contributed by atoms with van der Waals surface area (Å²) >= 11 is 0. The summed E-state index contributed by atoms with van der Waals surface area (Å²) in [5.41, 5.74) is 0.422. The van der Waals surface area contributed by atoms with Gasteiger partial charge >= 0.3 is 6.03 Å². The highest BCUT2D eigenvalue weighted by molar-refractivity contribution is 6.39. The van der Waals surface area contributed by atoms with Gasteiger partial charge in [0.15, 0.2) is 11.5 Å². The maximum absolute atomic E-state index is 12.9. The van der Waals surface area contributed by atoms with Crippen LogP contribution >= 0.6 is 0 Å². The van der Waals surface area contributed by atoms with Crippen molar-refractivity contribution in [3.8, 4) is 17.2 Å². The van der Waals surface area contributed by atoms with Gasteiger partial charge in [0, 0.05) is 6.07 Å². The number of nitrogens with zero attached hydrogens (tertiary/aromatic N) is 1.